The first-order chi connectivity index (χ1) is 14.8. The van der Waals surface area contributed by atoms with Gasteiger partial charge in [0.2, 0.25) is 0 Å². The van der Waals surface area contributed by atoms with Crippen LogP contribution < -0.4 is 0 Å². The predicted octanol–water partition coefficient (Wildman–Crippen LogP) is 6.44. The summed E-state index contributed by atoms with van der Waals surface area (Å²) in [5.74, 6) is -15.9. The fraction of sp³-hybridized carbons (Fsp3) is 0.444. The van der Waals surface area contributed by atoms with Gasteiger partial charge in [-0.15, -0.1) is 0 Å². The smallest absolute Gasteiger partial charge is 0.460 e. The standard InChI is InChI=1S/C18H17F9O4S2/c1-3-32(4-2,14-10-9-13(28)11-7-5-6-8-12(11)14)31-33(29,30)18(26,27)16(21,22)15(19,20)17(23,24)25/h5-10,28H,3-4H2,1-2H3. The van der Waals surface area contributed by atoms with E-state index in [1.165, 1.54) is 38.1 Å². The Hall–Kier alpha value is -1.87. The van der Waals surface area contributed by atoms with Gasteiger partial charge in [0.05, 0.1) is 0 Å². The van der Waals surface area contributed by atoms with E-state index in [1.54, 1.807) is 0 Å². The maximum atomic E-state index is 14.2. The van der Waals surface area contributed by atoms with Crippen molar-refractivity contribution in [1.82, 2.24) is 0 Å². The summed E-state index contributed by atoms with van der Waals surface area (Å²) < 4.78 is 148. The van der Waals surface area contributed by atoms with E-state index in [-0.39, 0.29) is 21.4 Å². The van der Waals surface area contributed by atoms with Crippen LogP contribution in [-0.4, -0.2) is 48.3 Å². The third-order valence-corrected chi connectivity index (χ3v) is 10.5. The van der Waals surface area contributed by atoms with Crippen molar-refractivity contribution in [1.29, 1.82) is 0 Å². The van der Waals surface area contributed by atoms with Gasteiger partial charge in [-0.05, 0) is 17.5 Å². The molecule has 0 atom stereocenters. The number of hydrogen-bond acceptors (Lipinski definition) is 4. The zero-order chi connectivity index (χ0) is 25.7. The summed E-state index contributed by atoms with van der Waals surface area (Å²) in [6, 6.07) is 7.71. The summed E-state index contributed by atoms with van der Waals surface area (Å²) in [5, 5.41) is 3.22. The lowest BCUT2D eigenvalue weighted by molar-refractivity contribution is -0.382. The lowest BCUT2D eigenvalue weighted by Crippen LogP contribution is -2.63. The van der Waals surface area contributed by atoms with Crippen LogP contribution in [0.5, 0.6) is 5.75 Å². The summed E-state index contributed by atoms with van der Waals surface area (Å²) in [7, 11) is -10.6. The van der Waals surface area contributed by atoms with E-state index in [9.17, 15) is 53.0 Å². The molecule has 0 saturated carbocycles. The Bertz CT molecular complexity index is 1130. The second kappa shape index (κ2) is 8.41. The SMILES string of the molecule is CCS(CC)(OS(=O)(=O)C(F)(F)C(F)(F)C(F)(F)C(F)(F)F)c1ccc(O)c2ccccc12. The molecule has 2 aromatic rings. The Balaban J connectivity index is 2.70. The molecule has 0 aliphatic rings. The third kappa shape index (κ3) is 4.11. The Labute approximate surface area is 184 Å². The van der Waals surface area contributed by atoms with Gasteiger partial charge in [-0.1, -0.05) is 48.4 Å². The number of phenolic OH excluding ortho intramolecular Hbond substituents is 1. The molecule has 0 heterocycles. The highest BCUT2D eigenvalue weighted by molar-refractivity contribution is 8.33. The molecule has 0 amide bonds. The van der Waals surface area contributed by atoms with Crippen LogP contribution in [0.25, 0.3) is 10.8 Å². The summed E-state index contributed by atoms with van der Waals surface area (Å²) in [4.78, 5) is -0.119. The topological polar surface area (TPSA) is 63.6 Å². The minimum absolute atomic E-state index is 0.0853. The predicted molar refractivity (Wildman–Crippen MR) is 103 cm³/mol. The largest absolute Gasteiger partial charge is 0.507 e. The minimum Gasteiger partial charge on any atom is -0.507 e. The molecular formula is C18H17F9O4S2. The average Bonchev–Trinajstić information content (AvgIpc) is 2.71. The Morgan fingerprint density at radius 1 is 0.788 bits per heavy atom. The average molecular weight is 532 g/mol. The Kier molecular flexibility index (Phi) is 6.98. The summed E-state index contributed by atoms with van der Waals surface area (Å²) in [6.45, 7) is 2.47. The number of halogens is 9. The number of aromatic hydroxyl groups is 1. The van der Waals surface area contributed by atoms with Crippen molar-refractivity contribution >= 4 is 31.2 Å². The first kappa shape index (κ1) is 27.4. The molecule has 0 fully saturated rings. The fourth-order valence-electron chi connectivity index (χ4n) is 2.96. The van der Waals surface area contributed by atoms with Crippen LogP contribution in [0.1, 0.15) is 13.8 Å². The number of benzene rings is 2. The summed E-state index contributed by atoms with van der Waals surface area (Å²) in [5.41, 5.74) is 0. The molecule has 33 heavy (non-hydrogen) atoms. The van der Waals surface area contributed by atoms with E-state index in [1.807, 2.05) is 0 Å². The third-order valence-electron chi connectivity index (χ3n) is 4.84. The van der Waals surface area contributed by atoms with Crippen molar-refractivity contribution < 1.29 is 56.7 Å². The zero-order valence-corrected chi connectivity index (χ0v) is 18.4. The fourth-order valence-corrected chi connectivity index (χ4v) is 8.10. The second-order valence-electron chi connectivity index (χ2n) is 6.70. The molecule has 0 aromatic heterocycles. The van der Waals surface area contributed by atoms with Gasteiger partial charge in [-0.25, -0.2) is 3.63 Å². The van der Waals surface area contributed by atoms with Crippen LogP contribution in [0, 0.1) is 0 Å². The van der Waals surface area contributed by atoms with Crippen molar-refractivity contribution in [3.8, 4) is 5.75 Å². The number of fused-ring (bicyclic) bond motifs is 1. The highest BCUT2D eigenvalue weighted by atomic mass is 32.3. The first-order valence-electron chi connectivity index (χ1n) is 8.98. The van der Waals surface area contributed by atoms with Crippen LogP contribution in [0.4, 0.5) is 39.5 Å². The van der Waals surface area contributed by atoms with Gasteiger partial charge in [-0.3, -0.25) is 0 Å². The van der Waals surface area contributed by atoms with Gasteiger partial charge < -0.3 is 5.11 Å². The van der Waals surface area contributed by atoms with E-state index < -0.39 is 55.2 Å². The normalized spacial score (nSPS) is 15.1. The van der Waals surface area contributed by atoms with Crippen molar-refractivity contribution in [3.63, 3.8) is 0 Å². The molecule has 1 N–H and O–H groups in total. The lowest BCUT2D eigenvalue weighted by Gasteiger charge is -2.40. The molecule has 0 spiro atoms. The molecule has 0 saturated heterocycles. The molecule has 0 bridgehead atoms. The maximum Gasteiger partial charge on any atom is 0.460 e. The molecule has 0 aliphatic carbocycles. The van der Waals surface area contributed by atoms with Gasteiger partial charge in [-0.2, -0.15) is 47.9 Å². The van der Waals surface area contributed by atoms with Crippen molar-refractivity contribution in [2.45, 2.75) is 42.0 Å². The molecule has 15 heteroatoms. The molecular weight excluding hydrogens is 515 g/mol. The number of hydrogen-bond donors (Lipinski definition) is 1. The highest BCUT2D eigenvalue weighted by Crippen LogP contribution is 2.63. The quantitative estimate of drug-likeness (QED) is 0.398. The van der Waals surface area contributed by atoms with E-state index in [0.29, 0.717) is 0 Å². The molecule has 0 unspecified atom stereocenters. The number of alkyl halides is 9. The highest BCUT2D eigenvalue weighted by Gasteiger charge is 2.86. The molecule has 0 aliphatic heterocycles. The molecule has 2 rings (SSSR count). The van der Waals surface area contributed by atoms with E-state index in [0.717, 1.165) is 12.1 Å². The number of rotatable bonds is 8. The molecule has 4 nitrogen and oxygen atoms in total. The Morgan fingerprint density at radius 2 is 1.27 bits per heavy atom. The Morgan fingerprint density at radius 3 is 1.73 bits per heavy atom. The first-order valence-corrected chi connectivity index (χ1v) is 12.3. The van der Waals surface area contributed by atoms with Gasteiger partial charge >= 0.3 is 33.4 Å². The lowest BCUT2D eigenvalue weighted by atomic mass is 10.1. The van der Waals surface area contributed by atoms with Gasteiger partial charge in [0.1, 0.15) is 5.75 Å². The van der Waals surface area contributed by atoms with Crippen LogP contribution in [0.3, 0.4) is 0 Å². The van der Waals surface area contributed by atoms with Gasteiger partial charge in [0.25, 0.3) is 0 Å². The summed E-state index contributed by atoms with van der Waals surface area (Å²) >= 11 is 0. The maximum absolute atomic E-state index is 14.2. The minimum atomic E-state index is -7.39. The van der Waals surface area contributed by atoms with Crippen LogP contribution in [0.15, 0.2) is 41.3 Å². The van der Waals surface area contributed by atoms with Gasteiger partial charge in [0, 0.05) is 21.8 Å². The molecule has 0 radical (unpaired) electrons. The van der Waals surface area contributed by atoms with Gasteiger partial charge in [0.15, 0.2) is 0 Å². The monoisotopic (exact) mass is 532 g/mol. The zero-order valence-electron chi connectivity index (χ0n) is 16.8. The molecule has 2 aromatic carbocycles. The van der Waals surface area contributed by atoms with Crippen molar-refractivity contribution in [2.75, 3.05) is 11.5 Å². The van der Waals surface area contributed by atoms with Crippen molar-refractivity contribution in [2.24, 2.45) is 0 Å². The van der Waals surface area contributed by atoms with E-state index in [4.69, 9.17) is 0 Å². The number of phenols is 1. The second-order valence-corrected chi connectivity index (χ2v) is 11.9. The van der Waals surface area contributed by atoms with E-state index >= 15 is 0 Å². The molecule has 188 valence electrons. The summed E-state index contributed by atoms with van der Waals surface area (Å²) in [6.07, 6.45) is -7.18. The van der Waals surface area contributed by atoms with Crippen LogP contribution in [-0.2, 0) is 13.7 Å². The van der Waals surface area contributed by atoms with Crippen LogP contribution in [0.2, 0.25) is 0 Å². The van der Waals surface area contributed by atoms with Crippen molar-refractivity contribution in [3.05, 3.63) is 36.4 Å². The van der Waals surface area contributed by atoms with E-state index in [2.05, 4.69) is 3.63 Å². The van der Waals surface area contributed by atoms with Crippen LogP contribution >= 0.6 is 10.3 Å².